The fourth-order valence-corrected chi connectivity index (χ4v) is 9.66. The van der Waals surface area contributed by atoms with Gasteiger partial charge in [0.1, 0.15) is 0 Å². The average Bonchev–Trinajstić information content (AvgIpc) is 3.09. The Hall–Kier alpha value is -3.52. The van der Waals surface area contributed by atoms with Crippen molar-refractivity contribution in [1.82, 2.24) is 24.3 Å². The van der Waals surface area contributed by atoms with E-state index in [-0.39, 0.29) is 23.7 Å². The Morgan fingerprint density at radius 1 is 1.04 bits per heavy atom. The minimum atomic E-state index is -0.0624. The lowest BCUT2D eigenvalue weighted by Crippen LogP contribution is -2.59. The van der Waals surface area contributed by atoms with Crippen molar-refractivity contribution in [3.8, 4) is 6.19 Å². The summed E-state index contributed by atoms with van der Waals surface area (Å²) >= 11 is 12.7. The Morgan fingerprint density at radius 3 is 2.41 bits per heavy atom. The number of halogens is 2. The van der Waals surface area contributed by atoms with E-state index in [0.717, 1.165) is 49.8 Å². The zero-order chi connectivity index (χ0) is 36.2. The first kappa shape index (κ1) is 35.9. The predicted octanol–water partition coefficient (Wildman–Crippen LogP) is 6.41. The Morgan fingerprint density at radius 2 is 1.76 bits per heavy atom. The van der Waals surface area contributed by atoms with Crippen LogP contribution in [-0.4, -0.2) is 94.7 Å². The zero-order valence-corrected chi connectivity index (χ0v) is 32.3. The first-order valence-corrected chi connectivity index (χ1v) is 19.3. The van der Waals surface area contributed by atoms with Crippen molar-refractivity contribution >= 4 is 51.7 Å². The molecule has 5 fully saturated rings. The third-order valence-corrected chi connectivity index (χ3v) is 13.1. The molecule has 51 heavy (non-hydrogen) atoms. The van der Waals surface area contributed by atoms with E-state index in [1.54, 1.807) is 6.07 Å². The molecule has 2 saturated heterocycles. The molecular formula is C39H51Cl2N9O. The van der Waals surface area contributed by atoms with Crippen LogP contribution in [0.5, 0.6) is 0 Å². The number of aromatic nitrogens is 2. The van der Waals surface area contributed by atoms with Gasteiger partial charge in [-0.15, -0.1) is 0 Å². The van der Waals surface area contributed by atoms with Crippen LogP contribution in [0.15, 0.2) is 46.2 Å². The van der Waals surface area contributed by atoms with Crippen molar-refractivity contribution in [1.29, 1.82) is 5.26 Å². The van der Waals surface area contributed by atoms with E-state index in [1.165, 1.54) is 6.42 Å². The highest BCUT2D eigenvalue weighted by Crippen LogP contribution is 2.61. The molecule has 12 heteroatoms. The zero-order valence-electron chi connectivity index (χ0n) is 30.7. The maximum atomic E-state index is 14.3. The second-order valence-electron chi connectivity index (χ2n) is 16.1. The largest absolute Gasteiger partial charge is 0.340 e. The van der Waals surface area contributed by atoms with Gasteiger partial charge in [-0.25, -0.2) is 9.98 Å². The predicted molar refractivity (Wildman–Crippen MR) is 208 cm³/mol. The molecule has 2 aliphatic heterocycles. The summed E-state index contributed by atoms with van der Waals surface area (Å²) in [5.41, 5.74) is 2.76. The smallest absolute Gasteiger partial charge is 0.262 e. The van der Waals surface area contributed by atoms with Gasteiger partial charge in [0.2, 0.25) is 5.95 Å². The van der Waals surface area contributed by atoms with Gasteiger partial charge in [-0.3, -0.25) is 9.36 Å². The molecule has 5 aliphatic rings. The maximum absolute atomic E-state index is 14.3. The standard InChI is InChI=1S/C39H51Cl2N9O/c1-24-21-48(22-25(2)50(24)23-42)37(44-34-18-28-17-32(26(34)3)39(28,4)5)43-30-9-10-31-35(20-30)45-38(47-15-13-46(6)14-16-47)49(36(31)51)12-11-27-7-8-29(40)19-33(27)41/h7-10,19-20,24-26,28,32,34H,11-18,21-22H2,1-6H3,(H,43,44)/t24-,25?,26-,28-,32+,34-/m0/s1. The summed E-state index contributed by atoms with van der Waals surface area (Å²) in [5, 5.41) is 15.3. The number of nitrogens with one attached hydrogen (secondary N) is 1. The number of hydrogen-bond donors (Lipinski definition) is 1. The number of aryl methyl sites for hydroxylation is 1. The number of nitriles is 1. The SMILES string of the molecule is CC1CN(/C(=N\[C@H]2C[C@@H]3C[C@H]([C@@H]2C)C3(C)C)Nc2ccc3c(=O)n(CCc4ccc(Cl)cc4Cl)c(N4CCN(C)CC4)nc3c2)C[C@H](C)N1C#N. The topological polar surface area (TPSA) is 96.0 Å². The average molecular weight is 733 g/mol. The van der Waals surface area contributed by atoms with Gasteiger partial charge >= 0.3 is 0 Å². The molecule has 1 aromatic heterocycles. The number of fused-ring (bicyclic) bond motifs is 3. The summed E-state index contributed by atoms with van der Waals surface area (Å²) in [5.74, 6) is 3.38. The fraction of sp³-hybridized carbons (Fsp3) is 0.590. The molecule has 3 aromatic rings. The number of hydrogen-bond acceptors (Lipinski definition) is 7. The Labute approximate surface area is 312 Å². The van der Waals surface area contributed by atoms with Gasteiger partial charge in [0, 0.05) is 61.5 Å². The highest BCUT2D eigenvalue weighted by Gasteiger charge is 2.56. The number of anilines is 2. The van der Waals surface area contributed by atoms with Crippen LogP contribution in [0, 0.1) is 34.6 Å². The molecule has 0 radical (unpaired) electrons. The van der Waals surface area contributed by atoms with E-state index in [0.29, 0.717) is 76.1 Å². The number of nitrogens with zero attached hydrogens (tertiary/aromatic N) is 8. The highest BCUT2D eigenvalue weighted by atomic mass is 35.5. The summed E-state index contributed by atoms with van der Waals surface area (Å²) in [6.45, 7) is 16.6. The van der Waals surface area contributed by atoms with E-state index in [2.05, 4.69) is 67.9 Å². The van der Waals surface area contributed by atoms with Gasteiger partial charge in [0.15, 0.2) is 12.2 Å². The number of guanidine groups is 1. The molecule has 10 nitrogen and oxygen atoms in total. The molecule has 6 atom stereocenters. The second kappa shape index (κ2) is 14.1. The quantitative estimate of drug-likeness (QED) is 0.177. The minimum Gasteiger partial charge on any atom is -0.340 e. The molecule has 0 amide bonds. The third kappa shape index (κ3) is 6.90. The van der Waals surface area contributed by atoms with E-state index < -0.39 is 0 Å². The van der Waals surface area contributed by atoms with E-state index in [4.69, 9.17) is 33.2 Å². The molecule has 2 bridgehead atoms. The number of aliphatic imine (C=N–C) groups is 1. The number of rotatable bonds is 6. The van der Waals surface area contributed by atoms with Gasteiger partial charge in [0.25, 0.3) is 5.56 Å². The van der Waals surface area contributed by atoms with Crippen LogP contribution < -0.4 is 15.8 Å². The molecule has 2 aromatic carbocycles. The van der Waals surface area contributed by atoms with Crippen LogP contribution in [0.25, 0.3) is 10.9 Å². The first-order chi connectivity index (χ1) is 24.3. The molecule has 1 unspecified atom stereocenters. The molecular weight excluding hydrogens is 681 g/mol. The summed E-state index contributed by atoms with van der Waals surface area (Å²) in [4.78, 5) is 33.7. The van der Waals surface area contributed by atoms with Gasteiger partial charge in [-0.1, -0.05) is 50.0 Å². The highest BCUT2D eigenvalue weighted by molar-refractivity contribution is 6.35. The first-order valence-electron chi connectivity index (χ1n) is 18.5. The summed E-state index contributed by atoms with van der Waals surface area (Å²) in [7, 11) is 2.12. The molecule has 3 saturated carbocycles. The van der Waals surface area contributed by atoms with E-state index >= 15 is 0 Å². The van der Waals surface area contributed by atoms with Crippen LogP contribution in [0.4, 0.5) is 11.6 Å². The van der Waals surface area contributed by atoms with Crippen LogP contribution in [0.1, 0.15) is 53.0 Å². The maximum Gasteiger partial charge on any atom is 0.262 e. The van der Waals surface area contributed by atoms with Gasteiger partial charge in [-0.2, -0.15) is 5.26 Å². The van der Waals surface area contributed by atoms with Crippen LogP contribution in [0.3, 0.4) is 0 Å². The van der Waals surface area contributed by atoms with E-state index in [9.17, 15) is 10.1 Å². The summed E-state index contributed by atoms with van der Waals surface area (Å²) in [6.07, 6.45) is 5.37. The van der Waals surface area contributed by atoms with Crippen molar-refractivity contribution in [2.24, 2.45) is 28.2 Å². The molecule has 8 rings (SSSR count). The normalized spacial score (nSPS) is 28.1. The molecule has 0 spiro atoms. The van der Waals surface area contributed by atoms with Crippen LogP contribution in [-0.2, 0) is 13.0 Å². The number of piperazine rings is 2. The fourth-order valence-electron chi connectivity index (χ4n) is 9.16. The Kier molecular flexibility index (Phi) is 9.94. The molecule has 1 N–H and O–H groups in total. The molecule has 272 valence electrons. The lowest BCUT2D eigenvalue weighted by atomic mass is 9.45. The van der Waals surface area contributed by atoms with Gasteiger partial charge in [-0.05, 0) is 99.2 Å². The van der Waals surface area contributed by atoms with Crippen molar-refractivity contribution in [3.05, 3.63) is 62.4 Å². The summed E-state index contributed by atoms with van der Waals surface area (Å²) in [6, 6.07) is 11.7. The Balaban J connectivity index is 1.23. The summed E-state index contributed by atoms with van der Waals surface area (Å²) < 4.78 is 1.81. The van der Waals surface area contributed by atoms with Crippen molar-refractivity contribution in [2.75, 3.05) is 56.5 Å². The van der Waals surface area contributed by atoms with Crippen molar-refractivity contribution in [3.63, 3.8) is 0 Å². The van der Waals surface area contributed by atoms with E-state index in [1.807, 2.05) is 39.8 Å². The minimum absolute atomic E-state index is 0.0624. The molecule has 3 aliphatic carbocycles. The third-order valence-electron chi connectivity index (χ3n) is 12.5. The molecule has 3 heterocycles. The van der Waals surface area contributed by atoms with Gasteiger partial charge < -0.3 is 24.9 Å². The second-order valence-corrected chi connectivity index (χ2v) is 16.9. The lowest BCUT2D eigenvalue weighted by molar-refractivity contribution is -0.108. The lowest BCUT2D eigenvalue weighted by Gasteiger charge is -2.61. The van der Waals surface area contributed by atoms with Gasteiger partial charge in [0.05, 0.1) is 29.0 Å². The van der Waals surface area contributed by atoms with Crippen molar-refractivity contribution < 1.29 is 0 Å². The van der Waals surface area contributed by atoms with Crippen molar-refractivity contribution in [2.45, 2.75) is 78.6 Å². The van der Waals surface area contributed by atoms with Crippen LogP contribution in [0.2, 0.25) is 10.0 Å². The number of benzene rings is 2. The number of likely N-dealkylation sites (N-methyl/N-ethyl adjacent to an activating group) is 1. The Bertz CT molecular complexity index is 1900. The van der Waals surface area contributed by atoms with Crippen LogP contribution >= 0.6 is 23.2 Å². The monoisotopic (exact) mass is 731 g/mol.